The van der Waals surface area contributed by atoms with E-state index in [0.717, 1.165) is 18.7 Å². The van der Waals surface area contributed by atoms with Gasteiger partial charge >= 0.3 is 0 Å². The highest BCUT2D eigenvalue weighted by Gasteiger charge is 1.99. The molecule has 0 saturated heterocycles. The molecule has 1 aromatic carbocycles. The van der Waals surface area contributed by atoms with Gasteiger partial charge in [-0.3, -0.25) is 0 Å². The Morgan fingerprint density at radius 2 is 1.63 bits per heavy atom. The van der Waals surface area contributed by atoms with Crippen LogP contribution in [0.1, 0.15) is 58.3 Å². The minimum absolute atomic E-state index is 0.181. The van der Waals surface area contributed by atoms with Crippen LogP contribution in [0.3, 0.4) is 0 Å². The fourth-order valence-electron chi connectivity index (χ4n) is 2.10. The van der Waals surface area contributed by atoms with Crippen LogP contribution in [0, 0.1) is 5.82 Å². The summed E-state index contributed by atoms with van der Waals surface area (Å²) in [6, 6.07) is 4.77. The van der Waals surface area contributed by atoms with Crippen molar-refractivity contribution in [1.29, 1.82) is 0 Å². The molecule has 0 unspecified atom stereocenters. The minimum Gasteiger partial charge on any atom is -0.385 e. The zero-order valence-electron chi connectivity index (χ0n) is 11.9. The minimum atomic E-state index is -0.362. The largest absolute Gasteiger partial charge is 0.385 e. The summed E-state index contributed by atoms with van der Waals surface area (Å²) in [5.41, 5.74) is 0.898. The van der Waals surface area contributed by atoms with Crippen molar-refractivity contribution in [1.82, 2.24) is 0 Å². The average molecular weight is 286 g/mol. The maximum atomic E-state index is 13.0. The summed E-state index contributed by atoms with van der Waals surface area (Å²) in [7, 11) is 0. The Bertz CT molecular complexity index is 355. The van der Waals surface area contributed by atoms with Gasteiger partial charge in [-0.25, -0.2) is 4.39 Å². The first-order valence-electron chi connectivity index (χ1n) is 7.43. The number of anilines is 1. The third-order valence-electron chi connectivity index (χ3n) is 3.28. The van der Waals surface area contributed by atoms with Crippen LogP contribution in [-0.2, 0) is 0 Å². The van der Waals surface area contributed by atoms with Crippen LogP contribution >= 0.6 is 11.6 Å². The first kappa shape index (κ1) is 16.3. The van der Waals surface area contributed by atoms with E-state index < -0.39 is 0 Å². The fourth-order valence-corrected chi connectivity index (χ4v) is 2.28. The number of unbranched alkanes of at least 4 members (excludes halogenated alkanes) is 7. The van der Waals surface area contributed by atoms with Crippen molar-refractivity contribution in [3.63, 3.8) is 0 Å². The van der Waals surface area contributed by atoms with Crippen LogP contribution in [0.5, 0.6) is 0 Å². The number of rotatable bonds is 10. The van der Waals surface area contributed by atoms with Crippen molar-refractivity contribution in [3.05, 3.63) is 29.0 Å². The van der Waals surface area contributed by atoms with Gasteiger partial charge in [0, 0.05) is 12.2 Å². The van der Waals surface area contributed by atoms with Gasteiger partial charge in [0.1, 0.15) is 5.82 Å². The Balaban J connectivity index is 2.00. The van der Waals surface area contributed by atoms with E-state index in [1.165, 1.54) is 51.0 Å². The van der Waals surface area contributed by atoms with Gasteiger partial charge in [-0.05, 0) is 24.6 Å². The molecule has 1 N–H and O–H groups in total. The lowest BCUT2D eigenvalue weighted by atomic mass is 10.1. The van der Waals surface area contributed by atoms with Crippen molar-refractivity contribution < 1.29 is 4.39 Å². The second-order valence-corrected chi connectivity index (χ2v) is 5.44. The summed E-state index contributed by atoms with van der Waals surface area (Å²) < 4.78 is 13.0. The molecule has 0 fully saturated rings. The molecule has 0 radical (unpaired) electrons. The van der Waals surface area contributed by atoms with Gasteiger partial charge in [-0.2, -0.15) is 0 Å². The molecule has 0 saturated carbocycles. The molecule has 0 atom stereocenters. The van der Waals surface area contributed by atoms with Gasteiger partial charge in [0.05, 0.1) is 5.02 Å². The molecular weight excluding hydrogens is 261 g/mol. The molecule has 0 amide bonds. The molecule has 108 valence electrons. The molecular formula is C16H25ClFN. The molecule has 19 heavy (non-hydrogen) atoms. The SMILES string of the molecule is CCCCCCCCCCNc1ccc(F)c(Cl)c1. The summed E-state index contributed by atoms with van der Waals surface area (Å²) in [5.74, 6) is -0.362. The predicted octanol–water partition coefficient (Wildman–Crippen LogP) is 6.03. The molecule has 0 aromatic heterocycles. The highest BCUT2D eigenvalue weighted by molar-refractivity contribution is 6.31. The number of hydrogen-bond donors (Lipinski definition) is 1. The van der Waals surface area contributed by atoms with E-state index in [1.54, 1.807) is 12.1 Å². The molecule has 0 bridgehead atoms. The van der Waals surface area contributed by atoms with E-state index in [1.807, 2.05) is 0 Å². The zero-order valence-corrected chi connectivity index (χ0v) is 12.6. The number of hydrogen-bond acceptors (Lipinski definition) is 1. The second-order valence-electron chi connectivity index (χ2n) is 5.03. The smallest absolute Gasteiger partial charge is 0.141 e. The van der Waals surface area contributed by atoms with Gasteiger partial charge in [0.2, 0.25) is 0 Å². The van der Waals surface area contributed by atoms with Crippen LogP contribution in [0.2, 0.25) is 5.02 Å². The molecule has 1 nitrogen and oxygen atoms in total. The summed E-state index contributed by atoms with van der Waals surface area (Å²) in [4.78, 5) is 0. The quantitative estimate of drug-likeness (QED) is 0.517. The highest BCUT2D eigenvalue weighted by Crippen LogP contribution is 2.19. The number of halogens is 2. The molecule has 1 aromatic rings. The molecule has 0 aliphatic heterocycles. The van der Waals surface area contributed by atoms with Crippen LogP contribution in [0.25, 0.3) is 0 Å². The van der Waals surface area contributed by atoms with Gasteiger partial charge in [0.25, 0.3) is 0 Å². The van der Waals surface area contributed by atoms with E-state index in [9.17, 15) is 4.39 Å². The second kappa shape index (κ2) is 10.1. The number of nitrogens with one attached hydrogen (secondary N) is 1. The molecule has 0 aliphatic carbocycles. The average Bonchev–Trinajstić information content (AvgIpc) is 2.41. The van der Waals surface area contributed by atoms with E-state index >= 15 is 0 Å². The Morgan fingerprint density at radius 3 is 2.26 bits per heavy atom. The third kappa shape index (κ3) is 7.41. The van der Waals surface area contributed by atoms with E-state index in [-0.39, 0.29) is 10.8 Å². The molecule has 0 spiro atoms. The summed E-state index contributed by atoms with van der Waals surface area (Å²) in [6.45, 7) is 3.17. The lowest BCUT2D eigenvalue weighted by Gasteiger charge is -2.07. The highest BCUT2D eigenvalue weighted by atomic mass is 35.5. The standard InChI is InChI=1S/C16H25ClFN/c1-2-3-4-5-6-7-8-9-12-19-14-10-11-16(18)15(17)13-14/h10-11,13,19H,2-9,12H2,1H3. The lowest BCUT2D eigenvalue weighted by Crippen LogP contribution is -2.01. The Morgan fingerprint density at radius 1 is 1.00 bits per heavy atom. The topological polar surface area (TPSA) is 12.0 Å². The van der Waals surface area contributed by atoms with Crippen molar-refractivity contribution in [2.24, 2.45) is 0 Å². The van der Waals surface area contributed by atoms with Gasteiger partial charge in [-0.1, -0.05) is 63.5 Å². The van der Waals surface area contributed by atoms with Crippen LogP contribution in [0.4, 0.5) is 10.1 Å². The Labute approximate surface area is 121 Å². The van der Waals surface area contributed by atoms with Crippen molar-refractivity contribution in [2.75, 3.05) is 11.9 Å². The third-order valence-corrected chi connectivity index (χ3v) is 3.57. The van der Waals surface area contributed by atoms with Gasteiger partial charge in [-0.15, -0.1) is 0 Å². The molecule has 3 heteroatoms. The van der Waals surface area contributed by atoms with E-state index in [2.05, 4.69) is 12.2 Å². The van der Waals surface area contributed by atoms with Crippen molar-refractivity contribution in [3.8, 4) is 0 Å². The lowest BCUT2D eigenvalue weighted by molar-refractivity contribution is 0.581. The number of benzene rings is 1. The first-order chi connectivity index (χ1) is 9.24. The molecule has 1 rings (SSSR count). The Hall–Kier alpha value is -0.760. The van der Waals surface area contributed by atoms with E-state index in [0.29, 0.717) is 0 Å². The van der Waals surface area contributed by atoms with Crippen LogP contribution in [0.15, 0.2) is 18.2 Å². The monoisotopic (exact) mass is 285 g/mol. The fraction of sp³-hybridized carbons (Fsp3) is 0.625. The zero-order chi connectivity index (χ0) is 13.9. The summed E-state index contributed by atoms with van der Waals surface area (Å²) in [5, 5.41) is 3.45. The maximum Gasteiger partial charge on any atom is 0.141 e. The first-order valence-corrected chi connectivity index (χ1v) is 7.80. The summed E-state index contributed by atoms with van der Waals surface area (Å²) in [6.07, 6.45) is 10.5. The van der Waals surface area contributed by atoms with Crippen LogP contribution < -0.4 is 5.32 Å². The summed E-state index contributed by atoms with van der Waals surface area (Å²) >= 11 is 5.72. The van der Waals surface area contributed by atoms with E-state index in [4.69, 9.17) is 11.6 Å². The van der Waals surface area contributed by atoms with Gasteiger partial charge < -0.3 is 5.32 Å². The van der Waals surface area contributed by atoms with Crippen molar-refractivity contribution >= 4 is 17.3 Å². The predicted molar refractivity (Wildman–Crippen MR) is 82.5 cm³/mol. The normalized spacial score (nSPS) is 10.7. The van der Waals surface area contributed by atoms with Gasteiger partial charge in [0.15, 0.2) is 0 Å². The molecule has 0 aliphatic rings. The molecule has 0 heterocycles. The maximum absolute atomic E-state index is 13.0. The van der Waals surface area contributed by atoms with Crippen LogP contribution in [-0.4, -0.2) is 6.54 Å². The Kier molecular flexibility index (Phi) is 8.64. The van der Waals surface area contributed by atoms with Crippen molar-refractivity contribution in [2.45, 2.75) is 58.3 Å².